The van der Waals surface area contributed by atoms with Crippen molar-refractivity contribution in [1.82, 2.24) is 10.1 Å². The third kappa shape index (κ3) is 4.17. The van der Waals surface area contributed by atoms with Crippen molar-refractivity contribution in [3.05, 3.63) is 65.2 Å². The Balaban J connectivity index is 1.41. The fraction of sp³-hybridized carbons (Fsp3) is 0.391. The van der Waals surface area contributed by atoms with Crippen LogP contribution in [0.15, 0.2) is 51.6 Å². The van der Waals surface area contributed by atoms with E-state index in [0.717, 1.165) is 18.4 Å². The van der Waals surface area contributed by atoms with Crippen molar-refractivity contribution in [1.29, 1.82) is 0 Å². The number of hydrogen-bond donors (Lipinski definition) is 0. The van der Waals surface area contributed by atoms with Crippen molar-refractivity contribution in [3.63, 3.8) is 0 Å². The molecule has 1 fully saturated rings. The minimum atomic E-state index is -3.15. The zero-order valence-corrected chi connectivity index (χ0v) is 17.9. The molecule has 0 bridgehead atoms. The number of sulfone groups is 1. The molecule has 0 unspecified atom stereocenters. The number of amides is 1. The third-order valence-corrected chi connectivity index (χ3v) is 7.93. The molecule has 3 heterocycles. The minimum Gasteiger partial charge on any atom is -0.467 e. The number of carbonyl (C=O) groups is 1. The Morgan fingerprint density at radius 3 is 2.71 bits per heavy atom. The third-order valence-electron chi connectivity index (χ3n) is 6.18. The molecule has 1 aromatic carbocycles. The number of aromatic nitrogens is 1. The predicted octanol–water partition coefficient (Wildman–Crippen LogP) is 3.64. The molecular formula is C23H24N2O5S. The summed E-state index contributed by atoms with van der Waals surface area (Å²) < 4.78 is 35.0. The summed E-state index contributed by atoms with van der Waals surface area (Å²) in [5, 5.41) is 4.02. The summed E-state index contributed by atoms with van der Waals surface area (Å²) in [4.78, 5) is 14.9. The number of aryl methyl sites for hydroxylation is 2. The Bertz CT molecular complexity index is 1200. The average Bonchev–Trinajstić information content (AvgIpc) is 3.52. The molecule has 2 aliphatic rings. The Morgan fingerprint density at radius 1 is 1.13 bits per heavy atom. The lowest BCUT2D eigenvalue weighted by Gasteiger charge is -2.26. The van der Waals surface area contributed by atoms with Crippen LogP contribution in [0.25, 0.3) is 11.3 Å². The first-order valence-corrected chi connectivity index (χ1v) is 12.4. The van der Waals surface area contributed by atoms with Gasteiger partial charge in [-0.1, -0.05) is 17.3 Å². The molecule has 31 heavy (non-hydrogen) atoms. The van der Waals surface area contributed by atoms with E-state index in [9.17, 15) is 13.2 Å². The summed E-state index contributed by atoms with van der Waals surface area (Å²) in [6, 6.07) is 11.0. The number of fused-ring (bicyclic) bond motifs is 1. The van der Waals surface area contributed by atoms with Gasteiger partial charge in [-0.25, -0.2) is 8.42 Å². The van der Waals surface area contributed by atoms with E-state index in [-0.39, 0.29) is 29.7 Å². The molecular weight excluding hydrogens is 416 g/mol. The smallest absolute Gasteiger partial charge is 0.276 e. The zero-order valence-electron chi connectivity index (χ0n) is 17.1. The van der Waals surface area contributed by atoms with Crippen molar-refractivity contribution >= 4 is 15.7 Å². The van der Waals surface area contributed by atoms with Crippen LogP contribution < -0.4 is 0 Å². The van der Waals surface area contributed by atoms with Gasteiger partial charge in [0, 0.05) is 17.7 Å². The van der Waals surface area contributed by atoms with Crippen molar-refractivity contribution < 1.29 is 22.2 Å². The molecule has 162 valence electrons. The van der Waals surface area contributed by atoms with Gasteiger partial charge in [-0.05, 0) is 61.4 Å². The van der Waals surface area contributed by atoms with Crippen molar-refractivity contribution in [2.75, 3.05) is 11.5 Å². The van der Waals surface area contributed by atoms with Gasteiger partial charge in [0.05, 0.1) is 24.3 Å². The summed E-state index contributed by atoms with van der Waals surface area (Å²) >= 11 is 0. The maximum Gasteiger partial charge on any atom is 0.276 e. The quantitative estimate of drug-likeness (QED) is 0.601. The molecule has 0 saturated carbocycles. The highest BCUT2D eigenvalue weighted by atomic mass is 32.2. The summed E-state index contributed by atoms with van der Waals surface area (Å²) in [6.07, 6.45) is 6.49. The Labute approximate surface area is 180 Å². The molecule has 8 heteroatoms. The van der Waals surface area contributed by atoms with Crippen LogP contribution in [-0.2, 0) is 29.2 Å². The van der Waals surface area contributed by atoms with Crippen molar-refractivity contribution in [2.24, 2.45) is 0 Å². The summed E-state index contributed by atoms with van der Waals surface area (Å²) in [7, 11) is -3.15. The first-order valence-electron chi connectivity index (χ1n) is 10.6. The van der Waals surface area contributed by atoms with Crippen LogP contribution >= 0.6 is 0 Å². The van der Waals surface area contributed by atoms with Gasteiger partial charge in [-0.15, -0.1) is 0 Å². The standard InChI is InChI=1S/C23H24N2O5S/c26-23(25(14-20-6-3-10-29-20)19-9-11-31(27,28)15-19)21-13-22(30-24-21)18-8-7-16-4-1-2-5-17(16)12-18/h3,6-8,10,12-13,19H,1-2,4-5,9,11,14-15H2/t19-/m1/s1. The van der Waals surface area contributed by atoms with Gasteiger partial charge < -0.3 is 13.8 Å². The second-order valence-corrected chi connectivity index (χ2v) is 10.6. The van der Waals surface area contributed by atoms with E-state index in [1.54, 1.807) is 18.2 Å². The fourth-order valence-electron chi connectivity index (χ4n) is 4.50. The first kappa shape index (κ1) is 20.1. The van der Waals surface area contributed by atoms with Crippen LogP contribution in [0.2, 0.25) is 0 Å². The highest BCUT2D eigenvalue weighted by molar-refractivity contribution is 7.91. The van der Waals surface area contributed by atoms with Crippen molar-refractivity contribution in [2.45, 2.75) is 44.7 Å². The van der Waals surface area contributed by atoms with E-state index < -0.39 is 15.9 Å². The molecule has 0 radical (unpaired) electrons. The molecule has 0 N–H and O–H groups in total. The Hall–Kier alpha value is -2.87. The molecule has 3 aromatic rings. The van der Waals surface area contributed by atoms with Gasteiger partial charge in [0.15, 0.2) is 21.3 Å². The zero-order chi connectivity index (χ0) is 21.4. The number of furan rings is 1. The lowest BCUT2D eigenvalue weighted by atomic mass is 9.90. The predicted molar refractivity (Wildman–Crippen MR) is 114 cm³/mol. The molecule has 1 saturated heterocycles. The average molecular weight is 441 g/mol. The van der Waals surface area contributed by atoms with E-state index in [1.807, 2.05) is 6.07 Å². The largest absolute Gasteiger partial charge is 0.467 e. The number of carbonyl (C=O) groups excluding carboxylic acids is 1. The molecule has 1 aliphatic carbocycles. The van der Waals surface area contributed by atoms with Gasteiger partial charge in [0.1, 0.15) is 5.76 Å². The number of benzene rings is 1. The fourth-order valence-corrected chi connectivity index (χ4v) is 6.23. The molecule has 1 aliphatic heterocycles. The molecule has 2 aromatic heterocycles. The molecule has 7 nitrogen and oxygen atoms in total. The number of hydrogen-bond acceptors (Lipinski definition) is 6. The van der Waals surface area contributed by atoms with Crippen LogP contribution in [0.1, 0.15) is 46.6 Å². The lowest BCUT2D eigenvalue weighted by molar-refractivity contribution is 0.0655. The van der Waals surface area contributed by atoms with Gasteiger partial charge in [0.25, 0.3) is 5.91 Å². The van der Waals surface area contributed by atoms with Crippen LogP contribution in [-0.4, -0.2) is 41.9 Å². The molecule has 1 amide bonds. The van der Waals surface area contributed by atoms with Gasteiger partial charge >= 0.3 is 0 Å². The van der Waals surface area contributed by atoms with E-state index in [2.05, 4.69) is 17.3 Å². The van der Waals surface area contributed by atoms with E-state index in [4.69, 9.17) is 8.94 Å². The van der Waals surface area contributed by atoms with E-state index in [0.29, 0.717) is 17.9 Å². The SMILES string of the molecule is O=C(c1cc(-c2ccc3c(c2)CCCC3)on1)N(Cc1ccco1)[C@@H]1CCS(=O)(=O)C1. The summed E-state index contributed by atoms with van der Waals surface area (Å²) in [5.74, 6) is 0.810. The van der Waals surface area contributed by atoms with Gasteiger partial charge in [0.2, 0.25) is 0 Å². The highest BCUT2D eigenvalue weighted by Crippen LogP contribution is 2.29. The monoisotopic (exact) mass is 440 g/mol. The van der Waals surface area contributed by atoms with Crippen LogP contribution in [0, 0.1) is 0 Å². The maximum absolute atomic E-state index is 13.3. The van der Waals surface area contributed by atoms with Crippen LogP contribution in [0.5, 0.6) is 0 Å². The number of nitrogens with zero attached hydrogens (tertiary/aromatic N) is 2. The normalized spacial score (nSPS) is 19.8. The van der Waals surface area contributed by atoms with E-state index >= 15 is 0 Å². The molecule has 1 atom stereocenters. The van der Waals surface area contributed by atoms with Crippen LogP contribution in [0.3, 0.4) is 0 Å². The highest BCUT2D eigenvalue weighted by Gasteiger charge is 2.36. The molecule has 0 spiro atoms. The topological polar surface area (TPSA) is 93.6 Å². The van der Waals surface area contributed by atoms with Crippen LogP contribution in [0.4, 0.5) is 0 Å². The molecule has 5 rings (SSSR count). The van der Waals surface area contributed by atoms with Gasteiger partial charge in [-0.3, -0.25) is 4.79 Å². The summed E-state index contributed by atoms with van der Waals surface area (Å²) in [5.41, 5.74) is 3.76. The Kier molecular flexibility index (Phi) is 5.17. The second-order valence-electron chi connectivity index (χ2n) is 8.34. The number of rotatable bonds is 5. The Morgan fingerprint density at radius 2 is 1.97 bits per heavy atom. The lowest BCUT2D eigenvalue weighted by Crippen LogP contribution is -2.40. The van der Waals surface area contributed by atoms with Crippen molar-refractivity contribution in [3.8, 4) is 11.3 Å². The minimum absolute atomic E-state index is 0.0466. The van der Waals surface area contributed by atoms with Gasteiger partial charge in [-0.2, -0.15) is 0 Å². The summed E-state index contributed by atoms with van der Waals surface area (Å²) in [6.45, 7) is 0.188. The van der Waals surface area contributed by atoms with E-state index in [1.165, 1.54) is 35.1 Å². The maximum atomic E-state index is 13.3. The second kappa shape index (κ2) is 8.00. The first-order chi connectivity index (χ1) is 15.0.